The number of rotatable bonds is 3. The first-order valence-electron chi connectivity index (χ1n) is 7.58. The van der Waals surface area contributed by atoms with E-state index in [1.165, 1.54) is 0 Å². The van der Waals surface area contributed by atoms with Crippen molar-refractivity contribution in [2.45, 2.75) is 32.3 Å². The highest BCUT2D eigenvalue weighted by molar-refractivity contribution is 5.87. The van der Waals surface area contributed by atoms with Crippen molar-refractivity contribution in [1.29, 1.82) is 0 Å². The van der Waals surface area contributed by atoms with E-state index in [0.717, 1.165) is 31.6 Å². The summed E-state index contributed by atoms with van der Waals surface area (Å²) in [4.78, 5) is 14.3. The summed E-state index contributed by atoms with van der Waals surface area (Å²) in [5.41, 5.74) is 0.908. The quantitative estimate of drug-likeness (QED) is 0.749. The predicted molar refractivity (Wildman–Crippen MR) is 79.2 cm³/mol. The zero-order chi connectivity index (χ0) is 15.0. The molecule has 4 heteroatoms. The van der Waals surface area contributed by atoms with Gasteiger partial charge in [-0.15, -0.1) is 0 Å². The summed E-state index contributed by atoms with van der Waals surface area (Å²) in [7, 11) is 1.56. The topological polar surface area (TPSA) is 29.5 Å². The van der Waals surface area contributed by atoms with Gasteiger partial charge < -0.3 is 9.64 Å². The normalized spacial score (nSPS) is 35.6. The smallest absolute Gasteiger partial charge is 0.166 e. The molecule has 1 fully saturated rings. The third kappa shape index (κ3) is 2.82. The van der Waals surface area contributed by atoms with Crippen LogP contribution in [-0.4, -0.2) is 37.0 Å². The average molecular weight is 291 g/mol. The Morgan fingerprint density at radius 1 is 1.52 bits per heavy atom. The maximum Gasteiger partial charge on any atom is 0.166 e. The number of carbonyl (C=O) groups is 1. The van der Waals surface area contributed by atoms with Crippen LogP contribution in [0.3, 0.4) is 0 Å². The lowest BCUT2D eigenvalue weighted by molar-refractivity contribution is -0.129. The fraction of sp³-hybridized carbons (Fsp3) is 0.588. The molecule has 0 bridgehead atoms. The van der Waals surface area contributed by atoms with Crippen LogP contribution in [0.15, 0.2) is 35.8 Å². The minimum Gasteiger partial charge on any atom is -0.374 e. The van der Waals surface area contributed by atoms with Crippen LogP contribution in [0.1, 0.15) is 26.2 Å². The number of hydrogen-bond acceptors (Lipinski definition) is 3. The van der Waals surface area contributed by atoms with E-state index in [0.29, 0.717) is 12.3 Å². The van der Waals surface area contributed by atoms with Crippen LogP contribution >= 0.6 is 0 Å². The Bertz CT molecular complexity index is 537. The first-order valence-corrected chi connectivity index (χ1v) is 7.58. The molecule has 0 saturated carbocycles. The van der Waals surface area contributed by atoms with Crippen molar-refractivity contribution in [1.82, 2.24) is 4.90 Å². The van der Waals surface area contributed by atoms with E-state index < -0.39 is 6.10 Å². The monoisotopic (exact) mass is 291 g/mol. The van der Waals surface area contributed by atoms with Gasteiger partial charge in [0, 0.05) is 43.7 Å². The molecule has 2 aliphatic carbocycles. The molecule has 0 aromatic rings. The van der Waals surface area contributed by atoms with Crippen molar-refractivity contribution in [3.63, 3.8) is 0 Å². The number of allylic oxidation sites excluding steroid dienone is 4. The van der Waals surface area contributed by atoms with Crippen LogP contribution in [0.4, 0.5) is 4.39 Å². The van der Waals surface area contributed by atoms with Gasteiger partial charge in [0.1, 0.15) is 11.9 Å². The summed E-state index contributed by atoms with van der Waals surface area (Å²) in [5.74, 6) is 0.443. The van der Waals surface area contributed by atoms with E-state index in [-0.39, 0.29) is 17.0 Å². The lowest BCUT2D eigenvalue weighted by Gasteiger charge is -2.36. The highest BCUT2D eigenvalue weighted by atomic mass is 19.1. The summed E-state index contributed by atoms with van der Waals surface area (Å²) in [5, 5.41) is 0. The van der Waals surface area contributed by atoms with Crippen LogP contribution in [0.25, 0.3) is 0 Å². The number of likely N-dealkylation sites (tertiary alicyclic amines) is 1. The number of hydrogen-bond donors (Lipinski definition) is 0. The van der Waals surface area contributed by atoms with Crippen LogP contribution in [-0.2, 0) is 9.53 Å². The molecule has 114 valence electrons. The van der Waals surface area contributed by atoms with E-state index in [1.807, 2.05) is 6.08 Å². The molecular formula is C17H22FNO2. The van der Waals surface area contributed by atoms with Crippen molar-refractivity contribution in [2.75, 3.05) is 20.2 Å². The van der Waals surface area contributed by atoms with Gasteiger partial charge in [0.15, 0.2) is 5.78 Å². The van der Waals surface area contributed by atoms with Crippen molar-refractivity contribution in [2.24, 2.45) is 11.3 Å². The van der Waals surface area contributed by atoms with Crippen molar-refractivity contribution in [3.05, 3.63) is 35.8 Å². The van der Waals surface area contributed by atoms with Gasteiger partial charge in [0.2, 0.25) is 0 Å². The summed E-state index contributed by atoms with van der Waals surface area (Å²) >= 11 is 0. The van der Waals surface area contributed by atoms with Gasteiger partial charge in [-0.1, -0.05) is 19.1 Å². The fourth-order valence-electron chi connectivity index (χ4n) is 3.66. The van der Waals surface area contributed by atoms with Gasteiger partial charge in [-0.25, -0.2) is 4.39 Å². The molecule has 1 heterocycles. The van der Waals surface area contributed by atoms with Crippen molar-refractivity contribution < 1.29 is 13.9 Å². The van der Waals surface area contributed by atoms with Crippen LogP contribution < -0.4 is 0 Å². The lowest BCUT2D eigenvalue weighted by atomic mass is 9.78. The SMILES string of the molecule is COC1C=CC(C)(CN2CCC3CC=C(F)C=C32)CC1=O. The number of fused-ring (bicyclic) bond motifs is 1. The number of halogens is 1. The average Bonchev–Trinajstić information content (AvgIpc) is 2.81. The molecule has 3 atom stereocenters. The van der Waals surface area contributed by atoms with E-state index in [2.05, 4.69) is 17.9 Å². The minimum absolute atomic E-state index is 0.127. The molecule has 3 rings (SSSR count). The molecule has 0 aromatic carbocycles. The standard InChI is InChI=1S/C17H22FNO2/c1-17(7-5-16(21-2)15(20)10-17)11-19-8-6-12-3-4-13(18)9-14(12)19/h4-5,7,9,12,16H,3,6,8,10-11H2,1-2H3. The molecule has 1 aliphatic heterocycles. The van der Waals surface area contributed by atoms with E-state index in [1.54, 1.807) is 19.3 Å². The van der Waals surface area contributed by atoms with Gasteiger partial charge in [-0.3, -0.25) is 4.79 Å². The lowest BCUT2D eigenvalue weighted by Crippen LogP contribution is -2.39. The first kappa shape index (κ1) is 14.5. The number of Topliss-reactive ketones (excluding diaryl/α,β-unsaturated/α-hetero) is 1. The highest BCUT2D eigenvalue weighted by Crippen LogP contribution is 2.39. The Kier molecular flexibility index (Phi) is 3.74. The van der Waals surface area contributed by atoms with Crippen LogP contribution in [0.5, 0.6) is 0 Å². The third-order valence-electron chi connectivity index (χ3n) is 4.79. The second-order valence-electron chi connectivity index (χ2n) is 6.61. The third-order valence-corrected chi connectivity index (χ3v) is 4.79. The number of carbonyl (C=O) groups excluding carboxylic acids is 1. The number of ether oxygens (including phenoxy) is 1. The largest absolute Gasteiger partial charge is 0.374 e. The molecule has 0 amide bonds. The summed E-state index contributed by atoms with van der Waals surface area (Å²) in [6, 6.07) is 0. The second-order valence-corrected chi connectivity index (χ2v) is 6.61. The van der Waals surface area contributed by atoms with Crippen LogP contribution in [0.2, 0.25) is 0 Å². The summed E-state index contributed by atoms with van der Waals surface area (Å²) < 4.78 is 18.6. The van der Waals surface area contributed by atoms with E-state index >= 15 is 0 Å². The first-order chi connectivity index (χ1) is 10.0. The van der Waals surface area contributed by atoms with Crippen molar-refractivity contribution in [3.8, 4) is 0 Å². The Hall–Kier alpha value is -1.42. The summed E-state index contributed by atoms with van der Waals surface area (Å²) in [6.45, 7) is 3.81. The number of methoxy groups -OCH3 is 1. The Balaban J connectivity index is 1.75. The highest BCUT2D eigenvalue weighted by Gasteiger charge is 2.37. The molecular weight excluding hydrogens is 269 g/mol. The molecule has 1 saturated heterocycles. The van der Waals surface area contributed by atoms with Gasteiger partial charge in [-0.05, 0) is 25.0 Å². The van der Waals surface area contributed by atoms with Crippen LogP contribution in [0, 0.1) is 11.3 Å². The van der Waals surface area contributed by atoms with Crippen molar-refractivity contribution >= 4 is 5.78 Å². The molecule has 0 spiro atoms. The molecule has 3 nitrogen and oxygen atoms in total. The molecule has 21 heavy (non-hydrogen) atoms. The maximum atomic E-state index is 13.5. The molecule has 0 radical (unpaired) electrons. The molecule has 0 aromatic heterocycles. The number of nitrogens with zero attached hydrogens (tertiary/aromatic N) is 1. The predicted octanol–water partition coefficient (Wildman–Crippen LogP) is 3.00. The zero-order valence-electron chi connectivity index (χ0n) is 12.6. The second kappa shape index (κ2) is 5.41. The Labute approximate surface area is 125 Å². The zero-order valence-corrected chi connectivity index (χ0v) is 12.6. The van der Waals surface area contributed by atoms with Gasteiger partial charge >= 0.3 is 0 Å². The Morgan fingerprint density at radius 3 is 3.05 bits per heavy atom. The molecule has 0 N–H and O–H groups in total. The minimum atomic E-state index is -0.404. The van der Waals surface area contributed by atoms with Gasteiger partial charge in [0.25, 0.3) is 0 Å². The molecule has 3 unspecified atom stereocenters. The van der Waals surface area contributed by atoms with E-state index in [4.69, 9.17) is 4.74 Å². The van der Waals surface area contributed by atoms with E-state index in [9.17, 15) is 9.18 Å². The van der Waals surface area contributed by atoms with Gasteiger partial charge in [0.05, 0.1) is 0 Å². The van der Waals surface area contributed by atoms with Gasteiger partial charge in [-0.2, -0.15) is 0 Å². The maximum absolute atomic E-state index is 13.5. The summed E-state index contributed by atoms with van der Waals surface area (Å²) in [6.07, 6.45) is 9.23. The Morgan fingerprint density at radius 2 is 2.33 bits per heavy atom. The fourth-order valence-corrected chi connectivity index (χ4v) is 3.66. The molecule has 3 aliphatic rings. The number of ketones is 1.